The number of likely N-dealkylation sites (N-methyl/N-ethyl adjacent to an activating group) is 1. The molecule has 112 valence electrons. The van der Waals surface area contributed by atoms with Crippen molar-refractivity contribution in [2.24, 2.45) is 0 Å². The van der Waals surface area contributed by atoms with Crippen LogP contribution < -0.4 is 5.32 Å². The molecule has 0 aliphatic heterocycles. The van der Waals surface area contributed by atoms with Gasteiger partial charge in [0.1, 0.15) is 0 Å². The van der Waals surface area contributed by atoms with Gasteiger partial charge in [-0.1, -0.05) is 45.3 Å². The normalized spacial score (nSPS) is 12.4. The number of hydrogen-bond acceptors (Lipinski definition) is 2. The van der Waals surface area contributed by atoms with Crippen LogP contribution in [0.25, 0.3) is 0 Å². The fourth-order valence-corrected chi connectivity index (χ4v) is 3.71. The highest BCUT2D eigenvalue weighted by molar-refractivity contribution is 9.10. The van der Waals surface area contributed by atoms with Crippen LogP contribution in [0.15, 0.2) is 51.8 Å². The van der Waals surface area contributed by atoms with Crippen LogP contribution in [0.5, 0.6) is 0 Å². The molecule has 3 heteroatoms. The number of benzene rings is 2. The Hall–Kier alpha value is -0.770. The number of rotatable bonds is 6. The predicted molar refractivity (Wildman–Crippen MR) is 97.3 cm³/mol. The highest BCUT2D eigenvalue weighted by atomic mass is 79.9. The van der Waals surface area contributed by atoms with Gasteiger partial charge in [0.05, 0.1) is 0 Å². The van der Waals surface area contributed by atoms with Crippen LogP contribution in [0.3, 0.4) is 0 Å². The highest BCUT2D eigenvalue weighted by Crippen LogP contribution is 2.22. The lowest BCUT2D eigenvalue weighted by Gasteiger charge is -2.16. The van der Waals surface area contributed by atoms with E-state index >= 15 is 0 Å². The molecule has 1 N–H and O–H groups in total. The van der Waals surface area contributed by atoms with Gasteiger partial charge in [0.2, 0.25) is 0 Å². The molecule has 0 fully saturated rings. The van der Waals surface area contributed by atoms with E-state index < -0.39 is 0 Å². The van der Waals surface area contributed by atoms with Crippen molar-refractivity contribution in [1.82, 2.24) is 5.32 Å². The average Bonchev–Trinajstić information content (AvgIpc) is 2.44. The zero-order valence-corrected chi connectivity index (χ0v) is 15.2. The van der Waals surface area contributed by atoms with Crippen molar-refractivity contribution in [2.45, 2.75) is 31.2 Å². The molecule has 1 nitrogen and oxygen atoms in total. The van der Waals surface area contributed by atoms with Gasteiger partial charge in [-0.2, -0.15) is 0 Å². The topological polar surface area (TPSA) is 12.0 Å². The lowest BCUT2D eigenvalue weighted by atomic mass is 10.0. The summed E-state index contributed by atoms with van der Waals surface area (Å²) in [5.41, 5.74) is 4.11. The van der Waals surface area contributed by atoms with Gasteiger partial charge < -0.3 is 5.32 Å². The Morgan fingerprint density at radius 3 is 2.24 bits per heavy atom. The Balaban J connectivity index is 1.95. The van der Waals surface area contributed by atoms with Crippen LogP contribution in [0.4, 0.5) is 0 Å². The maximum atomic E-state index is 3.48. The number of aryl methyl sites for hydroxylation is 2. The Labute approximate surface area is 140 Å². The summed E-state index contributed by atoms with van der Waals surface area (Å²) in [6.45, 7) is 4.34. The van der Waals surface area contributed by atoms with Crippen molar-refractivity contribution in [3.05, 3.63) is 63.6 Å². The van der Waals surface area contributed by atoms with Crippen LogP contribution in [-0.2, 0) is 6.42 Å². The van der Waals surface area contributed by atoms with E-state index in [-0.39, 0.29) is 0 Å². The van der Waals surface area contributed by atoms with E-state index in [1.54, 1.807) is 0 Å². The molecule has 2 aromatic rings. The molecule has 0 amide bonds. The van der Waals surface area contributed by atoms with Crippen molar-refractivity contribution in [2.75, 3.05) is 12.8 Å². The summed E-state index contributed by atoms with van der Waals surface area (Å²) in [7, 11) is 2.05. The van der Waals surface area contributed by atoms with Gasteiger partial charge in [0, 0.05) is 21.2 Å². The molecule has 0 spiro atoms. The first-order chi connectivity index (χ1) is 10.1. The highest BCUT2D eigenvalue weighted by Gasteiger charge is 2.09. The molecule has 0 aliphatic carbocycles. The summed E-state index contributed by atoms with van der Waals surface area (Å²) in [6.07, 6.45) is 1.07. The molecule has 0 bridgehead atoms. The summed E-state index contributed by atoms with van der Waals surface area (Å²) < 4.78 is 1.13. The smallest absolute Gasteiger partial charge is 0.0199 e. The average molecular weight is 364 g/mol. The van der Waals surface area contributed by atoms with E-state index in [1.165, 1.54) is 21.6 Å². The van der Waals surface area contributed by atoms with Crippen molar-refractivity contribution in [1.29, 1.82) is 0 Å². The minimum Gasteiger partial charge on any atom is -0.316 e. The van der Waals surface area contributed by atoms with Crippen molar-refractivity contribution in [3.8, 4) is 0 Å². The van der Waals surface area contributed by atoms with Gasteiger partial charge in [-0.15, -0.1) is 11.8 Å². The van der Waals surface area contributed by atoms with Gasteiger partial charge in [0.25, 0.3) is 0 Å². The summed E-state index contributed by atoms with van der Waals surface area (Å²) >= 11 is 5.38. The molecule has 21 heavy (non-hydrogen) atoms. The second-order valence-electron chi connectivity index (χ2n) is 5.45. The Morgan fingerprint density at radius 1 is 1.05 bits per heavy atom. The number of hydrogen-bond donors (Lipinski definition) is 1. The van der Waals surface area contributed by atoms with Crippen LogP contribution in [0.2, 0.25) is 0 Å². The molecule has 1 unspecified atom stereocenters. The molecule has 0 saturated carbocycles. The van der Waals surface area contributed by atoms with Crippen molar-refractivity contribution in [3.63, 3.8) is 0 Å². The lowest BCUT2D eigenvalue weighted by Crippen LogP contribution is -2.30. The lowest BCUT2D eigenvalue weighted by molar-refractivity contribution is 0.617. The molecule has 2 aromatic carbocycles. The molecule has 0 aliphatic rings. The van der Waals surface area contributed by atoms with E-state index in [2.05, 4.69) is 84.6 Å². The summed E-state index contributed by atoms with van der Waals surface area (Å²) in [5.74, 6) is 1.07. The minimum atomic E-state index is 0.486. The molecular weight excluding hydrogens is 342 g/mol. The first-order valence-corrected chi connectivity index (χ1v) is 8.97. The van der Waals surface area contributed by atoms with Crippen LogP contribution in [0.1, 0.15) is 16.7 Å². The molecule has 0 aromatic heterocycles. The maximum absolute atomic E-state index is 3.48. The monoisotopic (exact) mass is 363 g/mol. The fourth-order valence-electron chi connectivity index (χ4n) is 2.44. The Morgan fingerprint density at radius 2 is 1.67 bits per heavy atom. The quantitative estimate of drug-likeness (QED) is 0.725. The summed E-state index contributed by atoms with van der Waals surface area (Å²) in [6, 6.07) is 15.8. The minimum absolute atomic E-state index is 0.486. The first kappa shape index (κ1) is 16.6. The Kier molecular flexibility index (Phi) is 6.34. The van der Waals surface area contributed by atoms with Crippen LogP contribution in [-0.4, -0.2) is 18.8 Å². The van der Waals surface area contributed by atoms with Gasteiger partial charge in [0.15, 0.2) is 0 Å². The molecule has 0 heterocycles. The fraction of sp³-hybridized carbons (Fsp3) is 0.333. The van der Waals surface area contributed by atoms with Crippen LogP contribution >= 0.6 is 27.7 Å². The van der Waals surface area contributed by atoms with Crippen LogP contribution in [0, 0.1) is 13.8 Å². The van der Waals surface area contributed by atoms with Gasteiger partial charge in [-0.3, -0.25) is 0 Å². The molecule has 2 rings (SSSR count). The van der Waals surface area contributed by atoms with E-state index in [4.69, 9.17) is 0 Å². The third kappa shape index (κ3) is 5.50. The second kappa shape index (κ2) is 8.02. The zero-order chi connectivity index (χ0) is 15.2. The van der Waals surface area contributed by atoms with E-state index in [1.807, 2.05) is 11.8 Å². The van der Waals surface area contributed by atoms with Gasteiger partial charge >= 0.3 is 0 Å². The van der Waals surface area contributed by atoms with Crippen molar-refractivity contribution < 1.29 is 0 Å². The maximum Gasteiger partial charge on any atom is 0.0199 e. The molecule has 1 atom stereocenters. The Bertz CT molecular complexity index is 560. The summed E-state index contributed by atoms with van der Waals surface area (Å²) in [4.78, 5) is 1.32. The summed E-state index contributed by atoms with van der Waals surface area (Å²) in [5, 5.41) is 3.44. The number of halogens is 1. The predicted octanol–water partition coefficient (Wildman–Crippen LogP) is 4.99. The third-order valence-corrected chi connectivity index (χ3v) is 5.14. The number of nitrogens with one attached hydrogen (secondary N) is 1. The van der Waals surface area contributed by atoms with Gasteiger partial charge in [-0.05, 0) is 57.1 Å². The zero-order valence-electron chi connectivity index (χ0n) is 12.8. The first-order valence-electron chi connectivity index (χ1n) is 7.19. The number of thioether (sulfide) groups is 1. The molecule has 0 saturated heterocycles. The standard InChI is InChI=1S/C18H22BrNS/c1-13-8-14(2)10-15(9-13)11-17(20-3)12-21-18-6-4-16(19)5-7-18/h4-10,17,20H,11-12H2,1-3H3. The largest absolute Gasteiger partial charge is 0.316 e. The van der Waals surface area contributed by atoms with E-state index in [9.17, 15) is 0 Å². The molecular formula is C18H22BrNS. The molecule has 0 radical (unpaired) electrons. The van der Waals surface area contributed by atoms with Crippen molar-refractivity contribution >= 4 is 27.7 Å². The van der Waals surface area contributed by atoms with E-state index in [0.717, 1.165) is 16.6 Å². The SMILES string of the molecule is CNC(CSc1ccc(Br)cc1)Cc1cc(C)cc(C)c1. The van der Waals surface area contributed by atoms with E-state index in [0.29, 0.717) is 6.04 Å². The van der Waals surface area contributed by atoms with Gasteiger partial charge in [-0.25, -0.2) is 0 Å². The third-order valence-electron chi connectivity index (χ3n) is 3.44. The second-order valence-corrected chi connectivity index (χ2v) is 7.46.